The minimum atomic E-state index is -1.85. The van der Waals surface area contributed by atoms with Gasteiger partial charge in [-0.2, -0.15) is 9.04 Å². The van der Waals surface area contributed by atoms with E-state index in [1.807, 2.05) is 12.1 Å². The topological polar surface area (TPSA) is 66.4 Å². The fourth-order valence-electron chi connectivity index (χ4n) is 5.17. The zero-order valence-corrected chi connectivity index (χ0v) is 25.5. The minimum Gasteiger partial charge on any atom is -0.490 e. The number of rotatable bonds is 16. The van der Waals surface area contributed by atoms with Gasteiger partial charge < -0.3 is 18.7 Å². The number of benzene rings is 1. The lowest BCUT2D eigenvalue weighted by Gasteiger charge is -2.33. The van der Waals surface area contributed by atoms with E-state index in [0.717, 1.165) is 57.0 Å². The predicted octanol–water partition coefficient (Wildman–Crippen LogP) is 6.62. The molecule has 1 aromatic carbocycles. The minimum absolute atomic E-state index is 0.0730. The molecule has 0 aromatic heterocycles. The molecule has 1 unspecified atom stereocenters. The van der Waals surface area contributed by atoms with Crippen LogP contribution in [0.5, 0.6) is 11.5 Å². The molecular formula is C29H52N4O3S. The Labute approximate surface area is 229 Å². The van der Waals surface area contributed by atoms with Crippen LogP contribution >= 0.6 is 0 Å². The van der Waals surface area contributed by atoms with Crippen LogP contribution in [0, 0.1) is 5.41 Å². The van der Waals surface area contributed by atoms with Crippen LogP contribution in [0.2, 0.25) is 0 Å². The van der Waals surface area contributed by atoms with Crippen LogP contribution in [0.15, 0.2) is 23.3 Å². The second-order valence-corrected chi connectivity index (χ2v) is 12.7. The molecule has 1 heterocycles. The third-order valence-corrected chi connectivity index (χ3v) is 7.38. The summed E-state index contributed by atoms with van der Waals surface area (Å²) in [4.78, 5) is 7.05. The number of unbranched alkanes of at least 4 members (excludes halogenated alkanes) is 5. The molecular weight excluding hydrogens is 484 g/mol. The van der Waals surface area contributed by atoms with Crippen molar-refractivity contribution >= 4 is 17.2 Å². The molecule has 0 radical (unpaired) electrons. The van der Waals surface area contributed by atoms with Crippen molar-refractivity contribution in [2.75, 3.05) is 32.8 Å². The van der Waals surface area contributed by atoms with E-state index in [1.54, 1.807) is 0 Å². The number of ether oxygens (including phenoxy) is 1. The van der Waals surface area contributed by atoms with E-state index in [9.17, 15) is 4.21 Å². The van der Waals surface area contributed by atoms with E-state index in [-0.39, 0.29) is 10.8 Å². The fraction of sp³-hybridized carbons (Fsp3) is 0.759. The molecule has 1 N–H and O–H groups in total. The summed E-state index contributed by atoms with van der Waals surface area (Å²) in [5, 5.41) is 4.44. The third kappa shape index (κ3) is 10.4. The number of nitrogens with one attached hydrogen (secondary N) is 1. The van der Waals surface area contributed by atoms with Gasteiger partial charge in [-0.1, -0.05) is 79.7 Å². The molecule has 1 aliphatic rings. The van der Waals surface area contributed by atoms with E-state index in [4.69, 9.17) is 8.92 Å². The van der Waals surface area contributed by atoms with Gasteiger partial charge in [-0.3, -0.25) is 0 Å². The summed E-state index contributed by atoms with van der Waals surface area (Å²) in [6.45, 7) is 21.8. The van der Waals surface area contributed by atoms with Gasteiger partial charge in [0.05, 0.1) is 6.61 Å². The zero-order chi connectivity index (χ0) is 27.5. The van der Waals surface area contributed by atoms with Gasteiger partial charge in [-0.15, -0.1) is 5.10 Å². The Morgan fingerprint density at radius 1 is 0.919 bits per heavy atom. The van der Waals surface area contributed by atoms with Crippen molar-refractivity contribution in [3.63, 3.8) is 0 Å². The first-order valence-electron chi connectivity index (χ1n) is 14.2. The summed E-state index contributed by atoms with van der Waals surface area (Å²) in [5.74, 6) is 1.92. The maximum Gasteiger partial charge on any atom is 0.332 e. The Hall–Kier alpha value is -1.96. The largest absolute Gasteiger partial charge is 0.490 e. The van der Waals surface area contributed by atoms with Crippen LogP contribution in [-0.4, -0.2) is 52.8 Å². The molecule has 1 aliphatic heterocycles. The molecule has 0 saturated carbocycles. The van der Waals surface area contributed by atoms with Crippen molar-refractivity contribution in [1.82, 2.24) is 14.6 Å². The second-order valence-electron chi connectivity index (χ2n) is 11.9. The standard InChI is InChI=1S/C29H52N4O3S/c1-9-12-13-14-15-16-21-35-25-18-17-24(29(7,8)23-28(4,5)6)22-26(25)36-37(34)31-30-27-32(10-2)19-20-33(27)11-3/h17-18,22,31H,9-16,19-21,23H2,1-8H3. The number of hydrazone groups is 1. The van der Waals surface area contributed by atoms with Crippen LogP contribution in [0.3, 0.4) is 0 Å². The molecule has 1 aromatic rings. The van der Waals surface area contributed by atoms with Gasteiger partial charge in [0.15, 0.2) is 11.5 Å². The molecule has 2 rings (SSSR count). The Morgan fingerprint density at radius 2 is 1.54 bits per heavy atom. The van der Waals surface area contributed by atoms with Crippen molar-refractivity contribution in [2.24, 2.45) is 10.5 Å². The van der Waals surface area contributed by atoms with E-state index in [1.165, 1.54) is 25.7 Å². The molecule has 7 nitrogen and oxygen atoms in total. The molecule has 37 heavy (non-hydrogen) atoms. The third-order valence-electron chi connectivity index (χ3n) is 6.81. The Kier molecular flexibility index (Phi) is 12.5. The number of likely N-dealkylation sites (N-methyl/N-ethyl adjacent to an activating group) is 2. The van der Waals surface area contributed by atoms with Gasteiger partial charge >= 0.3 is 11.3 Å². The fourth-order valence-corrected chi connectivity index (χ4v) is 5.65. The molecule has 0 spiro atoms. The summed E-state index contributed by atoms with van der Waals surface area (Å²) < 4.78 is 25.0. The van der Waals surface area contributed by atoms with Crippen LogP contribution in [0.25, 0.3) is 0 Å². The average molecular weight is 537 g/mol. The van der Waals surface area contributed by atoms with Crippen molar-refractivity contribution in [1.29, 1.82) is 0 Å². The van der Waals surface area contributed by atoms with Gasteiger partial charge in [0, 0.05) is 26.2 Å². The van der Waals surface area contributed by atoms with E-state index >= 15 is 0 Å². The molecule has 0 bridgehead atoms. The number of hydrogen-bond donors (Lipinski definition) is 1. The Balaban J connectivity index is 2.16. The second kappa shape index (κ2) is 14.8. The number of guanidine groups is 1. The van der Waals surface area contributed by atoms with Crippen molar-refractivity contribution in [2.45, 2.75) is 106 Å². The lowest BCUT2D eigenvalue weighted by atomic mass is 9.72. The highest BCUT2D eigenvalue weighted by Crippen LogP contribution is 2.40. The quantitative estimate of drug-likeness (QED) is 0.190. The van der Waals surface area contributed by atoms with Crippen LogP contribution in [0.4, 0.5) is 0 Å². The summed E-state index contributed by atoms with van der Waals surface area (Å²) in [6, 6.07) is 6.06. The highest BCUT2D eigenvalue weighted by molar-refractivity contribution is 7.78. The molecule has 8 heteroatoms. The lowest BCUT2D eigenvalue weighted by Crippen LogP contribution is -2.35. The molecule has 1 atom stereocenters. The van der Waals surface area contributed by atoms with Gasteiger partial charge in [-0.25, -0.2) is 0 Å². The van der Waals surface area contributed by atoms with E-state index < -0.39 is 11.3 Å². The molecule has 0 amide bonds. The maximum atomic E-state index is 13.0. The lowest BCUT2D eigenvalue weighted by molar-refractivity contribution is 0.281. The van der Waals surface area contributed by atoms with Gasteiger partial charge in [0.2, 0.25) is 5.96 Å². The Bertz CT molecular complexity index is 868. The Morgan fingerprint density at radius 3 is 2.14 bits per heavy atom. The predicted molar refractivity (Wildman–Crippen MR) is 156 cm³/mol. The van der Waals surface area contributed by atoms with Crippen molar-refractivity contribution in [3.8, 4) is 11.5 Å². The average Bonchev–Trinajstić information content (AvgIpc) is 3.23. The number of hydrogen-bond acceptors (Lipinski definition) is 4. The molecule has 212 valence electrons. The maximum absolute atomic E-state index is 13.0. The first-order valence-corrected chi connectivity index (χ1v) is 15.3. The van der Waals surface area contributed by atoms with Crippen molar-refractivity contribution < 1.29 is 13.1 Å². The highest BCUT2D eigenvalue weighted by atomic mass is 32.2. The summed E-state index contributed by atoms with van der Waals surface area (Å²) in [7, 11) is 0. The molecule has 1 saturated heterocycles. The van der Waals surface area contributed by atoms with Crippen molar-refractivity contribution in [3.05, 3.63) is 23.8 Å². The molecule has 0 aliphatic carbocycles. The number of nitrogens with zero attached hydrogens (tertiary/aromatic N) is 3. The first kappa shape index (κ1) is 31.3. The van der Waals surface area contributed by atoms with Gasteiger partial charge in [0.1, 0.15) is 0 Å². The van der Waals surface area contributed by atoms with Crippen LogP contribution in [0.1, 0.15) is 106 Å². The van der Waals surface area contributed by atoms with Gasteiger partial charge in [0.25, 0.3) is 0 Å². The van der Waals surface area contributed by atoms with E-state index in [0.29, 0.717) is 18.1 Å². The molecule has 1 fully saturated rings. The highest BCUT2D eigenvalue weighted by Gasteiger charge is 2.29. The first-order chi connectivity index (χ1) is 17.5. The monoisotopic (exact) mass is 536 g/mol. The summed E-state index contributed by atoms with van der Waals surface area (Å²) in [5.41, 5.74) is 1.24. The van der Waals surface area contributed by atoms with Crippen LogP contribution < -0.4 is 13.8 Å². The smallest absolute Gasteiger partial charge is 0.332 e. The zero-order valence-electron chi connectivity index (χ0n) is 24.7. The van der Waals surface area contributed by atoms with Gasteiger partial charge in [-0.05, 0) is 55.2 Å². The normalized spacial score (nSPS) is 15.2. The van der Waals surface area contributed by atoms with E-state index in [2.05, 4.69) is 81.2 Å². The van der Waals surface area contributed by atoms with Crippen LogP contribution in [-0.2, 0) is 16.7 Å². The summed E-state index contributed by atoms with van der Waals surface area (Å²) in [6.07, 6.45) is 8.21. The summed E-state index contributed by atoms with van der Waals surface area (Å²) >= 11 is -1.85. The SMILES string of the molecule is CCCCCCCCOc1ccc(C(C)(C)CC(C)(C)C)cc1OS(=O)NN=C1N(CC)CCN1CC.